The van der Waals surface area contributed by atoms with E-state index in [4.69, 9.17) is 9.47 Å². The molecule has 0 atom stereocenters. The van der Waals surface area contributed by atoms with Crippen molar-refractivity contribution in [3.8, 4) is 11.5 Å². The number of benzene rings is 3. The van der Waals surface area contributed by atoms with Gasteiger partial charge in [0.15, 0.2) is 0 Å². The van der Waals surface area contributed by atoms with Gasteiger partial charge in [-0.3, -0.25) is 9.69 Å². The molecule has 0 spiro atoms. The number of nitrogens with zero attached hydrogens (tertiary/aromatic N) is 3. The molecular formula is C28H27F3N4O3. The zero-order valence-electron chi connectivity index (χ0n) is 20.8. The summed E-state index contributed by atoms with van der Waals surface area (Å²) in [6.45, 7) is 3.20. The maximum atomic E-state index is 13.0. The predicted molar refractivity (Wildman–Crippen MR) is 136 cm³/mol. The molecule has 0 saturated carbocycles. The number of fused-ring (bicyclic) bond motifs is 1. The number of nitrogens with one attached hydrogen (secondary N) is 1. The van der Waals surface area contributed by atoms with Gasteiger partial charge >= 0.3 is 6.18 Å². The lowest BCUT2D eigenvalue weighted by molar-refractivity contribution is -0.137. The Labute approximate surface area is 217 Å². The molecule has 1 amide bonds. The van der Waals surface area contributed by atoms with Crippen molar-refractivity contribution in [1.29, 1.82) is 0 Å². The Morgan fingerprint density at radius 3 is 2.29 bits per heavy atom. The second-order valence-corrected chi connectivity index (χ2v) is 9.14. The van der Waals surface area contributed by atoms with Crippen molar-refractivity contribution in [2.75, 3.05) is 33.3 Å². The van der Waals surface area contributed by atoms with Gasteiger partial charge in [0, 0.05) is 44.4 Å². The van der Waals surface area contributed by atoms with Crippen molar-refractivity contribution in [2.45, 2.75) is 19.3 Å². The molecule has 10 heteroatoms. The minimum Gasteiger partial charge on any atom is -0.497 e. The standard InChI is InChI=1S/C28H27F3N4O3/c1-37-23-10-11-24-25(16-23)33-26(32-24)18-38-22-8-4-20(5-9-22)27(36)35-14-12-34(13-15-35)17-19-2-6-21(7-3-19)28(29,30)31/h2-11,16H,12-15,17-18H2,1H3,(H,32,33). The van der Waals surface area contributed by atoms with Crippen LogP contribution in [0.15, 0.2) is 66.7 Å². The van der Waals surface area contributed by atoms with Crippen LogP contribution in [0.4, 0.5) is 13.2 Å². The molecule has 1 N–H and O–H groups in total. The number of piperazine rings is 1. The van der Waals surface area contributed by atoms with Gasteiger partial charge < -0.3 is 19.4 Å². The Morgan fingerprint density at radius 1 is 0.947 bits per heavy atom. The fraction of sp³-hybridized carbons (Fsp3) is 0.286. The average molecular weight is 525 g/mol. The lowest BCUT2D eigenvalue weighted by atomic mass is 10.1. The number of imidazole rings is 1. The number of carbonyl (C=O) groups excluding carboxylic acids is 1. The molecule has 2 heterocycles. The molecule has 7 nitrogen and oxygen atoms in total. The highest BCUT2D eigenvalue weighted by molar-refractivity contribution is 5.94. The summed E-state index contributed by atoms with van der Waals surface area (Å²) in [6.07, 6.45) is -4.33. The molecule has 1 aliphatic rings. The maximum Gasteiger partial charge on any atom is 0.416 e. The summed E-state index contributed by atoms with van der Waals surface area (Å²) in [4.78, 5) is 24.6. The lowest BCUT2D eigenvalue weighted by Gasteiger charge is -2.34. The number of ether oxygens (including phenoxy) is 2. The van der Waals surface area contributed by atoms with Gasteiger partial charge in [0.05, 0.1) is 23.7 Å². The van der Waals surface area contributed by atoms with Gasteiger partial charge in [-0.15, -0.1) is 0 Å². The third kappa shape index (κ3) is 5.91. The number of halogens is 3. The summed E-state index contributed by atoms with van der Waals surface area (Å²) in [7, 11) is 1.61. The quantitative estimate of drug-likeness (QED) is 0.363. The van der Waals surface area contributed by atoms with Gasteiger partial charge in [-0.2, -0.15) is 13.2 Å². The number of hydrogen-bond donors (Lipinski definition) is 1. The zero-order chi connectivity index (χ0) is 26.7. The highest BCUT2D eigenvalue weighted by atomic mass is 19.4. The van der Waals surface area contributed by atoms with Crippen molar-refractivity contribution in [3.05, 3.63) is 89.2 Å². The van der Waals surface area contributed by atoms with Crippen LogP contribution in [0, 0.1) is 0 Å². The highest BCUT2D eigenvalue weighted by Gasteiger charge is 2.30. The molecule has 0 bridgehead atoms. The van der Waals surface area contributed by atoms with Crippen LogP contribution < -0.4 is 9.47 Å². The van der Waals surface area contributed by atoms with E-state index in [1.807, 2.05) is 18.2 Å². The first-order chi connectivity index (χ1) is 18.3. The Balaban J connectivity index is 1.11. The first-order valence-electron chi connectivity index (χ1n) is 12.2. The number of methoxy groups -OCH3 is 1. The smallest absolute Gasteiger partial charge is 0.416 e. The van der Waals surface area contributed by atoms with Gasteiger partial charge in [0.25, 0.3) is 5.91 Å². The first kappa shape index (κ1) is 25.6. The average Bonchev–Trinajstić information content (AvgIpc) is 3.34. The summed E-state index contributed by atoms with van der Waals surface area (Å²) >= 11 is 0. The van der Waals surface area contributed by atoms with Crippen molar-refractivity contribution in [3.63, 3.8) is 0 Å². The number of hydrogen-bond acceptors (Lipinski definition) is 5. The monoisotopic (exact) mass is 524 g/mol. The van der Waals surface area contributed by atoms with Crippen LogP contribution in [0.5, 0.6) is 11.5 Å². The van der Waals surface area contributed by atoms with Gasteiger partial charge in [0.1, 0.15) is 23.9 Å². The normalized spacial score (nSPS) is 14.6. The molecule has 1 saturated heterocycles. The summed E-state index contributed by atoms with van der Waals surface area (Å²) in [5, 5.41) is 0. The minimum atomic E-state index is -4.33. The summed E-state index contributed by atoms with van der Waals surface area (Å²) in [5.41, 5.74) is 2.43. The summed E-state index contributed by atoms with van der Waals surface area (Å²) < 4.78 is 49.4. The second-order valence-electron chi connectivity index (χ2n) is 9.14. The van der Waals surface area contributed by atoms with Crippen LogP contribution >= 0.6 is 0 Å². The van der Waals surface area contributed by atoms with Gasteiger partial charge in [-0.1, -0.05) is 12.1 Å². The summed E-state index contributed by atoms with van der Waals surface area (Å²) in [5.74, 6) is 2.00. The fourth-order valence-electron chi connectivity index (χ4n) is 4.43. The lowest BCUT2D eigenvalue weighted by Crippen LogP contribution is -2.48. The largest absolute Gasteiger partial charge is 0.497 e. The second kappa shape index (κ2) is 10.7. The van der Waals surface area contributed by atoms with E-state index in [1.165, 1.54) is 12.1 Å². The van der Waals surface area contributed by atoms with Gasteiger partial charge in [0.2, 0.25) is 0 Å². The van der Waals surface area contributed by atoms with E-state index in [9.17, 15) is 18.0 Å². The Hall–Kier alpha value is -4.05. The molecule has 198 valence electrons. The van der Waals surface area contributed by atoms with E-state index in [1.54, 1.807) is 36.3 Å². The maximum absolute atomic E-state index is 13.0. The van der Waals surface area contributed by atoms with Crippen molar-refractivity contribution in [1.82, 2.24) is 19.8 Å². The number of amides is 1. The molecule has 5 rings (SSSR count). The fourth-order valence-corrected chi connectivity index (χ4v) is 4.43. The molecular weight excluding hydrogens is 497 g/mol. The molecule has 4 aromatic rings. The van der Waals surface area contributed by atoms with Crippen LogP contribution in [0.2, 0.25) is 0 Å². The Bertz CT molecular complexity index is 1390. The van der Waals surface area contributed by atoms with Gasteiger partial charge in [-0.05, 0) is 54.1 Å². The third-order valence-corrected chi connectivity index (χ3v) is 6.56. The number of H-pyrrole nitrogens is 1. The topological polar surface area (TPSA) is 70.7 Å². The third-order valence-electron chi connectivity index (χ3n) is 6.56. The van der Waals surface area contributed by atoms with Gasteiger partial charge in [-0.25, -0.2) is 4.98 Å². The molecule has 0 unspecified atom stereocenters. The minimum absolute atomic E-state index is 0.0584. The van der Waals surface area contributed by atoms with E-state index in [2.05, 4.69) is 14.9 Å². The predicted octanol–water partition coefficient (Wildman–Crippen LogP) is 5.13. The molecule has 1 aliphatic heterocycles. The van der Waals surface area contributed by atoms with Crippen LogP contribution in [-0.2, 0) is 19.3 Å². The SMILES string of the molecule is COc1ccc2nc(COc3ccc(C(=O)N4CCN(Cc5ccc(C(F)(F)F)cc5)CC4)cc3)[nH]c2c1. The van der Waals surface area contributed by atoms with Crippen LogP contribution in [0.3, 0.4) is 0 Å². The zero-order valence-corrected chi connectivity index (χ0v) is 20.8. The molecule has 0 radical (unpaired) electrons. The van der Waals surface area contributed by atoms with Crippen molar-refractivity contribution in [2.24, 2.45) is 0 Å². The number of aromatic amines is 1. The van der Waals surface area contributed by atoms with E-state index >= 15 is 0 Å². The molecule has 3 aromatic carbocycles. The number of alkyl halides is 3. The number of rotatable bonds is 7. The number of aromatic nitrogens is 2. The van der Waals surface area contributed by atoms with E-state index in [0.29, 0.717) is 49.9 Å². The van der Waals surface area contributed by atoms with Crippen molar-refractivity contribution >= 4 is 16.9 Å². The van der Waals surface area contributed by atoms with Crippen molar-refractivity contribution < 1.29 is 27.4 Å². The molecule has 1 fully saturated rings. The van der Waals surface area contributed by atoms with Crippen LogP contribution in [-0.4, -0.2) is 59.0 Å². The number of carbonyl (C=O) groups is 1. The Morgan fingerprint density at radius 2 is 1.63 bits per heavy atom. The van der Waals surface area contributed by atoms with E-state index < -0.39 is 11.7 Å². The Kier molecular flexibility index (Phi) is 7.24. The van der Waals surface area contributed by atoms with Crippen LogP contribution in [0.1, 0.15) is 27.3 Å². The van der Waals surface area contributed by atoms with Crippen LogP contribution in [0.25, 0.3) is 11.0 Å². The molecule has 38 heavy (non-hydrogen) atoms. The highest BCUT2D eigenvalue weighted by Crippen LogP contribution is 2.29. The van der Waals surface area contributed by atoms with E-state index in [0.717, 1.165) is 34.5 Å². The summed E-state index contributed by atoms with van der Waals surface area (Å²) in [6, 6.07) is 17.9. The van der Waals surface area contributed by atoms with E-state index in [-0.39, 0.29) is 12.5 Å². The first-order valence-corrected chi connectivity index (χ1v) is 12.2. The molecule has 1 aromatic heterocycles. The molecule has 0 aliphatic carbocycles.